The molecule has 0 saturated carbocycles. The molecule has 1 fully saturated rings. The number of benzene rings is 2. The largest absolute Gasteiger partial charge is 0.485 e. The Morgan fingerprint density at radius 1 is 1.07 bits per heavy atom. The molecule has 140 valence electrons. The Kier molecular flexibility index (Phi) is 3.98. The lowest BCUT2D eigenvalue weighted by atomic mass is 9.98. The number of fused-ring (bicyclic) bond motifs is 4. The van der Waals surface area contributed by atoms with Crippen molar-refractivity contribution in [2.45, 2.75) is 12.5 Å². The van der Waals surface area contributed by atoms with Crippen molar-refractivity contribution in [1.82, 2.24) is 0 Å². The van der Waals surface area contributed by atoms with Gasteiger partial charge in [-0.15, -0.1) is 0 Å². The van der Waals surface area contributed by atoms with Gasteiger partial charge in [0.1, 0.15) is 23.2 Å². The number of ketones is 1. The van der Waals surface area contributed by atoms with Crippen LogP contribution in [0.25, 0.3) is 21.7 Å². The molecule has 2 aromatic carbocycles. The Morgan fingerprint density at radius 2 is 1.93 bits per heavy atom. The Morgan fingerprint density at radius 3 is 2.82 bits per heavy atom. The maximum absolute atomic E-state index is 12.5. The van der Waals surface area contributed by atoms with Crippen LogP contribution in [0.3, 0.4) is 0 Å². The molecule has 5 rings (SSSR count). The van der Waals surface area contributed by atoms with Crippen LogP contribution < -0.4 is 10.4 Å². The van der Waals surface area contributed by atoms with Crippen LogP contribution in [0.1, 0.15) is 6.42 Å². The lowest BCUT2D eigenvalue weighted by Gasteiger charge is -2.15. The predicted octanol–water partition coefficient (Wildman–Crippen LogP) is 3.48. The van der Waals surface area contributed by atoms with Crippen LogP contribution in [0.2, 0.25) is 0 Å². The van der Waals surface area contributed by atoms with E-state index < -0.39 is 5.63 Å². The zero-order valence-electron chi connectivity index (χ0n) is 14.8. The molecule has 1 unspecified atom stereocenters. The molecule has 0 bridgehead atoms. The summed E-state index contributed by atoms with van der Waals surface area (Å²) in [6.07, 6.45) is 3.81. The fourth-order valence-corrected chi connectivity index (χ4v) is 3.52. The second kappa shape index (κ2) is 6.65. The van der Waals surface area contributed by atoms with Crippen LogP contribution in [0.15, 0.2) is 75.2 Å². The lowest BCUT2D eigenvalue weighted by molar-refractivity contribution is -0.117. The van der Waals surface area contributed by atoms with Gasteiger partial charge in [0, 0.05) is 23.4 Å². The highest BCUT2D eigenvalue weighted by Crippen LogP contribution is 2.29. The van der Waals surface area contributed by atoms with Crippen LogP contribution in [0.5, 0.6) is 5.75 Å². The van der Waals surface area contributed by atoms with Crippen molar-refractivity contribution in [1.29, 1.82) is 0 Å². The number of Topliss-reactive ketones (excluding diaryl/α,β-unsaturated/α-hetero) is 1. The smallest absolute Gasteiger partial charge is 0.344 e. The van der Waals surface area contributed by atoms with E-state index in [4.69, 9.17) is 18.6 Å². The minimum atomic E-state index is -0.398. The fourth-order valence-electron chi connectivity index (χ4n) is 3.52. The van der Waals surface area contributed by atoms with Crippen molar-refractivity contribution in [2.24, 2.45) is 0 Å². The summed E-state index contributed by atoms with van der Waals surface area (Å²) in [5.41, 5.74) is 0.664. The quantitative estimate of drug-likeness (QED) is 0.513. The number of rotatable bonds is 4. The Bertz CT molecular complexity index is 1220. The summed E-state index contributed by atoms with van der Waals surface area (Å²) in [4.78, 5) is 24.6. The van der Waals surface area contributed by atoms with Crippen molar-refractivity contribution >= 4 is 27.5 Å². The summed E-state index contributed by atoms with van der Waals surface area (Å²) in [7, 11) is 0. The van der Waals surface area contributed by atoms with Crippen molar-refractivity contribution in [3.63, 3.8) is 0 Å². The fraction of sp³-hybridized carbons (Fsp3) is 0.182. The zero-order chi connectivity index (χ0) is 19.1. The molecule has 0 amide bonds. The second-order valence-electron chi connectivity index (χ2n) is 6.69. The molecule has 0 N–H and O–H groups in total. The normalized spacial score (nSPS) is 18.4. The molecule has 1 atom stereocenters. The third-order valence-corrected chi connectivity index (χ3v) is 4.99. The first-order chi connectivity index (χ1) is 13.7. The van der Waals surface area contributed by atoms with Gasteiger partial charge in [0.25, 0.3) is 0 Å². The lowest BCUT2D eigenvalue weighted by Crippen LogP contribution is -2.20. The third kappa shape index (κ3) is 2.88. The van der Waals surface area contributed by atoms with E-state index in [-0.39, 0.29) is 25.3 Å². The monoisotopic (exact) mass is 376 g/mol. The summed E-state index contributed by atoms with van der Waals surface area (Å²) in [5, 5.41) is 2.18. The van der Waals surface area contributed by atoms with Gasteiger partial charge >= 0.3 is 5.63 Å². The highest BCUT2D eigenvalue weighted by molar-refractivity contribution is 6.04. The van der Waals surface area contributed by atoms with Gasteiger partial charge in [-0.2, -0.15) is 0 Å². The molecule has 2 aliphatic rings. The van der Waals surface area contributed by atoms with E-state index in [1.165, 1.54) is 0 Å². The molecule has 6 nitrogen and oxygen atoms in total. The van der Waals surface area contributed by atoms with Gasteiger partial charge in [-0.25, -0.2) is 4.79 Å². The van der Waals surface area contributed by atoms with Crippen LogP contribution in [0.4, 0.5) is 0 Å². The molecular weight excluding hydrogens is 360 g/mol. The van der Waals surface area contributed by atoms with E-state index in [2.05, 4.69) is 0 Å². The van der Waals surface area contributed by atoms with Crippen LogP contribution in [0, 0.1) is 0 Å². The summed E-state index contributed by atoms with van der Waals surface area (Å²) < 4.78 is 21.8. The zero-order valence-corrected chi connectivity index (χ0v) is 14.8. The molecule has 28 heavy (non-hydrogen) atoms. The third-order valence-electron chi connectivity index (χ3n) is 4.99. The van der Waals surface area contributed by atoms with Gasteiger partial charge in [0.15, 0.2) is 19.2 Å². The number of carbonyl (C=O) groups excluding carboxylic acids is 1. The average molecular weight is 376 g/mol. The van der Waals surface area contributed by atoms with Crippen molar-refractivity contribution in [2.75, 3.05) is 13.4 Å². The van der Waals surface area contributed by atoms with E-state index in [0.29, 0.717) is 28.7 Å². The van der Waals surface area contributed by atoms with Crippen molar-refractivity contribution in [3.05, 3.63) is 76.4 Å². The molecule has 1 aromatic heterocycles. The predicted molar refractivity (Wildman–Crippen MR) is 102 cm³/mol. The minimum Gasteiger partial charge on any atom is -0.485 e. The maximum atomic E-state index is 12.5. The molecular formula is C22H16O6. The van der Waals surface area contributed by atoms with Crippen molar-refractivity contribution in [3.8, 4) is 5.75 Å². The molecule has 2 heterocycles. The second-order valence-corrected chi connectivity index (χ2v) is 6.69. The SMILES string of the molecule is O=C(COc1ccc2c(c1)oc(=O)c1ccccc12)C1=CC=C2OCOC2C1. The molecule has 1 aliphatic carbocycles. The van der Waals surface area contributed by atoms with E-state index in [1.807, 2.05) is 18.2 Å². The molecule has 6 heteroatoms. The number of allylic oxidation sites excluding steroid dienone is 2. The number of hydrogen-bond acceptors (Lipinski definition) is 6. The number of hydrogen-bond donors (Lipinski definition) is 0. The highest BCUT2D eigenvalue weighted by atomic mass is 16.7. The van der Waals surface area contributed by atoms with E-state index in [1.54, 1.807) is 36.4 Å². The summed E-state index contributed by atoms with van der Waals surface area (Å²) in [5.74, 6) is 1.10. The first-order valence-electron chi connectivity index (χ1n) is 8.96. The van der Waals surface area contributed by atoms with Gasteiger partial charge in [-0.3, -0.25) is 4.79 Å². The van der Waals surface area contributed by atoms with Gasteiger partial charge < -0.3 is 18.6 Å². The van der Waals surface area contributed by atoms with E-state index >= 15 is 0 Å². The van der Waals surface area contributed by atoms with Gasteiger partial charge in [-0.1, -0.05) is 24.3 Å². The standard InChI is InChI=1S/C22H16O6/c23-18(13-5-8-19-21(9-13)27-12-26-19)11-25-14-6-7-16-15-3-1-2-4-17(15)22(24)28-20(16)10-14/h1-8,10,21H,9,11-12H2. The van der Waals surface area contributed by atoms with Gasteiger partial charge in [-0.05, 0) is 29.7 Å². The van der Waals surface area contributed by atoms with E-state index in [9.17, 15) is 9.59 Å². The molecule has 1 aliphatic heterocycles. The summed E-state index contributed by atoms with van der Waals surface area (Å²) in [6.45, 7) is 0.116. The van der Waals surface area contributed by atoms with Gasteiger partial charge in [0.05, 0.1) is 5.39 Å². The summed E-state index contributed by atoms with van der Waals surface area (Å²) in [6, 6.07) is 12.5. The number of carbonyl (C=O) groups is 1. The average Bonchev–Trinajstić information content (AvgIpc) is 3.20. The minimum absolute atomic E-state index is 0.105. The Balaban J connectivity index is 1.36. The van der Waals surface area contributed by atoms with Crippen LogP contribution >= 0.6 is 0 Å². The van der Waals surface area contributed by atoms with Crippen LogP contribution in [-0.2, 0) is 14.3 Å². The first kappa shape index (κ1) is 16.8. The Hall–Kier alpha value is -3.38. The molecule has 0 radical (unpaired) electrons. The molecule has 0 spiro atoms. The topological polar surface area (TPSA) is 75.0 Å². The Labute approximate surface area is 159 Å². The van der Waals surface area contributed by atoms with Crippen molar-refractivity contribution < 1.29 is 23.4 Å². The van der Waals surface area contributed by atoms with Crippen LogP contribution in [-0.4, -0.2) is 25.3 Å². The first-order valence-corrected chi connectivity index (χ1v) is 8.96. The summed E-state index contributed by atoms with van der Waals surface area (Å²) >= 11 is 0. The van der Waals surface area contributed by atoms with E-state index in [0.717, 1.165) is 16.5 Å². The molecule has 3 aromatic rings. The molecule has 1 saturated heterocycles. The van der Waals surface area contributed by atoms with Gasteiger partial charge in [0.2, 0.25) is 0 Å². The maximum Gasteiger partial charge on any atom is 0.344 e. The highest BCUT2D eigenvalue weighted by Gasteiger charge is 2.29. The number of ether oxygens (including phenoxy) is 3.